The topological polar surface area (TPSA) is 53.8 Å². The highest BCUT2D eigenvalue weighted by Gasteiger charge is 2.09. The molecule has 0 unspecified atom stereocenters. The summed E-state index contributed by atoms with van der Waals surface area (Å²) in [5.41, 5.74) is 0.307. The quantitative estimate of drug-likeness (QED) is 0.789. The summed E-state index contributed by atoms with van der Waals surface area (Å²) in [4.78, 5) is 0. The van der Waals surface area contributed by atoms with Crippen molar-refractivity contribution in [2.45, 2.75) is 6.61 Å². The van der Waals surface area contributed by atoms with E-state index in [0.717, 1.165) is 12.1 Å². The Balaban J connectivity index is 2.62. The Kier molecular flexibility index (Phi) is 2.80. The lowest BCUT2D eigenvalue weighted by molar-refractivity contribution is 0.268. The van der Waals surface area contributed by atoms with Gasteiger partial charge < -0.3 is 5.11 Å². The van der Waals surface area contributed by atoms with E-state index >= 15 is 0 Å². The number of aromatic amines is 1. The van der Waals surface area contributed by atoms with Gasteiger partial charge in [0.05, 0.1) is 5.69 Å². The molecule has 0 atom stereocenters. The first-order chi connectivity index (χ1) is 7.63. The van der Waals surface area contributed by atoms with Crippen LogP contribution in [0.15, 0.2) is 18.2 Å². The highest BCUT2D eigenvalue weighted by atomic mass is 32.1. The highest BCUT2D eigenvalue weighted by molar-refractivity contribution is 7.71. The number of nitrogens with zero attached hydrogens (tertiary/aromatic N) is 2. The van der Waals surface area contributed by atoms with E-state index in [0.29, 0.717) is 5.69 Å². The van der Waals surface area contributed by atoms with Crippen LogP contribution in [0.1, 0.15) is 5.82 Å². The van der Waals surface area contributed by atoms with Crippen LogP contribution in [0.3, 0.4) is 0 Å². The Morgan fingerprint density at radius 3 is 2.75 bits per heavy atom. The van der Waals surface area contributed by atoms with Crippen molar-refractivity contribution in [1.82, 2.24) is 14.8 Å². The monoisotopic (exact) mass is 243 g/mol. The largest absolute Gasteiger partial charge is 0.388 e. The molecule has 1 aromatic carbocycles. The Bertz CT molecular complexity index is 578. The van der Waals surface area contributed by atoms with Crippen molar-refractivity contribution < 1.29 is 13.9 Å². The molecule has 0 amide bonds. The molecular weight excluding hydrogens is 236 g/mol. The molecule has 0 saturated carbocycles. The van der Waals surface area contributed by atoms with Gasteiger partial charge in [-0.05, 0) is 24.4 Å². The summed E-state index contributed by atoms with van der Waals surface area (Å²) in [5, 5.41) is 15.2. The van der Waals surface area contributed by atoms with Gasteiger partial charge in [-0.1, -0.05) is 0 Å². The van der Waals surface area contributed by atoms with Gasteiger partial charge in [0.25, 0.3) is 0 Å². The molecule has 2 N–H and O–H groups in total. The Labute approximate surface area is 94.2 Å². The van der Waals surface area contributed by atoms with Crippen molar-refractivity contribution in [2.24, 2.45) is 0 Å². The second-order valence-electron chi connectivity index (χ2n) is 3.04. The normalized spacial score (nSPS) is 10.7. The van der Waals surface area contributed by atoms with E-state index in [1.165, 1.54) is 10.6 Å². The Morgan fingerprint density at radius 2 is 2.12 bits per heavy atom. The molecule has 0 saturated heterocycles. The SMILES string of the molecule is OCc1n[nH]c(=S)n1-c1ccc(F)c(F)c1. The molecule has 0 spiro atoms. The molecule has 4 nitrogen and oxygen atoms in total. The third kappa shape index (κ3) is 1.74. The van der Waals surface area contributed by atoms with Crippen molar-refractivity contribution >= 4 is 12.2 Å². The lowest BCUT2D eigenvalue weighted by Crippen LogP contribution is -2.02. The minimum atomic E-state index is -0.982. The zero-order valence-corrected chi connectivity index (χ0v) is 8.76. The summed E-state index contributed by atoms with van der Waals surface area (Å²) in [6, 6.07) is 3.32. The van der Waals surface area contributed by atoms with Gasteiger partial charge in [0.15, 0.2) is 22.2 Å². The molecule has 84 valence electrons. The van der Waals surface area contributed by atoms with Crippen LogP contribution in [0.4, 0.5) is 8.78 Å². The first-order valence-corrected chi connectivity index (χ1v) is 4.77. The predicted octanol–water partition coefficient (Wildman–Crippen LogP) is 1.70. The average molecular weight is 243 g/mol. The fourth-order valence-corrected chi connectivity index (χ4v) is 1.58. The van der Waals surface area contributed by atoms with Crippen LogP contribution in [0.5, 0.6) is 0 Å². The number of benzene rings is 1. The maximum absolute atomic E-state index is 13.0. The number of hydrogen-bond donors (Lipinski definition) is 2. The minimum absolute atomic E-state index is 0.204. The van der Waals surface area contributed by atoms with E-state index < -0.39 is 11.6 Å². The Morgan fingerprint density at radius 1 is 1.38 bits per heavy atom. The molecule has 7 heteroatoms. The van der Waals surface area contributed by atoms with Gasteiger partial charge in [-0.3, -0.25) is 9.67 Å². The van der Waals surface area contributed by atoms with Gasteiger partial charge in [0.2, 0.25) is 0 Å². The fourth-order valence-electron chi connectivity index (χ4n) is 1.33. The minimum Gasteiger partial charge on any atom is -0.388 e. The van der Waals surface area contributed by atoms with Crippen molar-refractivity contribution in [3.63, 3.8) is 0 Å². The van der Waals surface area contributed by atoms with Gasteiger partial charge in [-0.25, -0.2) is 8.78 Å². The van der Waals surface area contributed by atoms with Crippen LogP contribution in [0.25, 0.3) is 5.69 Å². The highest BCUT2D eigenvalue weighted by Crippen LogP contribution is 2.15. The van der Waals surface area contributed by atoms with Crippen molar-refractivity contribution in [1.29, 1.82) is 0 Å². The molecule has 1 heterocycles. The second kappa shape index (κ2) is 4.11. The second-order valence-corrected chi connectivity index (χ2v) is 3.42. The van der Waals surface area contributed by atoms with E-state index in [9.17, 15) is 8.78 Å². The standard InChI is InChI=1S/C9H7F2N3OS/c10-6-2-1-5(3-7(6)11)14-8(4-15)12-13-9(14)16/h1-3,15H,4H2,(H,13,16). The summed E-state index contributed by atoms with van der Waals surface area (Å²) >= 11 is 4.91. The first-order valence-electron chi connectivity index (χ1n) is 4.36. The summed E-state index contributed by atoms with van der Waals surface area (Å²) in [7, 11) is 0. The zero-order chi connectivity index (χ0) is 11.7. The lowest BCUT2D eigenvalue weighted by atomic mass is 10.3. The Hall–Kier alpha value is -1.60. The molecule has 16 heavy (non-hydrogen) atoms. The number of H-pyrrole nitrogens is 1. The lowest BCUT2D eigenvalue weighted by Gasteiger charge is -2.05. The first kappa shape index (κ1) is 10.9. The number of nitrogens with one attached hydrogen (secondary N) is 1. The average Bonchev–Trinajstić information content (AvgIpc) is 2.64. The number of aliphatic hydroxyl groups is 1. The van der Waals surface area contributed by atoms with E-state index in [1.807, 2.05) is 0 Å². The molecular formula is C9H7F2N3OS. The van der Waals surface area contributed by atoms with E-state index in [1.54, 1.807) is 0 Å². The number of aromatic nitrogens is 3. The van der Waals surface area contributed by atoms with Crippen LogP contribution in [-0.2, 0) is 6.61 Å². The van der Waals surface area contributed by atoms with E-state index in [4.69, 9.17) is 17.3 Å². The molecule has 2 aromatic rings. The molecule has 1 aromatic heterocycles. The van der Waals surface area contributed by atoms with Crippen molar-refractivity contribution in [3.05, 3.63) is 40.4 Å². The fraction of sp³-hybridized carbons (Fsp3) is 0.111. The summed E-state index contributed by atoms with van der Waals surface area (Å²) in [6.45, 7) is -0.355. The number of aliphatic hydroxyl groups excluding tert-OH is 1. The van der Waals surface area contributed by atoms with Crippen LogP contribution in [0.2, 0.25) is 0 Å². The molecule has 0 radical (unpaired) electrons. The van der Waals surface area contributed by atoms with E-state index in [-0.39, 0.29) is 17.2 Å². The summed E-state index contributed by atoms with van der Waals surface area (Å²) in [6.07, 6.45) is 0. The molecule has 2 rings (SSSR count). The number of halogens is 2. The third-order valence-electron chi connectivity index (χ3n) is 2.04. The van der Waals surface area contributed by atoms with Gasteiger partial charge in [0.1, 0.15) is 6.61 Å². The van der Waals surface area contributed by atoms with Gasteiger partial charge >= 0.3 is 0 Å². The zero-order valence-electron chi connectivity index (χ0n) is 7.94. The molecule has 0 aliphatic rings. The van der Waals surface area contributed by atoms with Crippen LogP contribution in [-0.4, -0.2) is 19.9 Å². The van der Waals surface area contributed by atoms with Crippen molar-refractivity contribution in [2.75, 3.05) is 0 Å². The van der Waals surface area contributed by atoms with E-state index in [2.05, 4.69) is 10.2 Å². The maximum Gasteiger partial charge on any atom is 0.199 e. The molecule has 0 aliphatic heterocycles. The van der Waals surface area contributed by atoms with Gasteiger partial charge in [-0.15, -0.1) is 0 Å². The molecule has 0 aliphatic carbocycles. The number of hydrogen-bond acceptors (Lipinski definition) is 3. The molecule has 0 bridgehead atoms. The van der Waals surface area contributed by atoms with Gasteiger partial charge in [-0.2, -0.15) is 5.10 Å². The number of rotatable bonds is 2. The summed E-state index contributed by atoms with van der Waals surface area (Å²) in [5.74, 6) is -1.69. The summed E-state index contributed by atoms with van der Waals surface area (Å²) < 4.78 is 27.3. The van der Waals surface area contributed by atoms with Gasteiger partial charge in [0, 0.05) is 6.07 Å². The van der Waals surface area contributed by atoms with Crippen LogP contribution >= 0.6 is 12.2 Å². The smallest absolute Gasteiger partial charge is 0.199 e. The molecule has 0 fully saturated rings. The van der Waals surface area contributed by atoms with Crippen molar-refractivity contribution in [3.8, 4) is 5.69 Å². The van der Waals surface area contributed by atoms with Crippen LogP contribution < -0.4 is 0 Å². The maximum atomic E-state index is 13.0. The predicted molar refractivity (Wildman–Crippen MR) is 54.6 cm³/mol. The van der Waals surface area contributed by atoms with Crippen LogP contribution in [0, 0.1) is 16.4 Å². The third-order valence-corrected chi connectivity index (χ3v) is 2.32.